The molecule has 0 atom stereocenters. The summed E-state index contributed by atoms with van der Waals surface area (Å²) in [7, 11) is 3.26. The predicted molar refractivity (Wildman–Crippen MR) is 80.4 cm³/mol. The Morgan fingerprint density at radius 1 is 1.19 bits per heavy atom. The number of fused-ring (bicyclic) bond motifs is 1. The highest BCUT2D eigenvalue weighted by molar-refractivity contribution is 14.2. The number of benzene rings is 2. The average Bonchev–Trinajstić information content (AvgIpc) is 2.27. The molecule has 0 aliphatic heterocycles. The van der Waals surface area contributed by atoms with Gasteiger partial charge in [-0.05, 0) is 38.6 Å². The zero-order chi connectivity index (χ0) is 11.7. The summed E-state index contributed by atoms with van der Waals surface area (Å²) in [5, 5.41) is 3.27. The quantitative estimate of drug-likeness (QED) is 0.623. The lowest BCUT2D eigenvalue weighted by Crippen LogP contribution is -1.86. The molecule has 0 aromatic heterocycles. The highest BCUT2D eigenvalue weighted by Gasteiger charge is 2.08. The third kappa shape index (κ3) is 2.37. The fourth-order valence-corrected chi connectivity index (χ4v) is 3.50. The van der Waals surface area contributed by atoms with Gasteiger partial charge in [0.15, 0.2) is 0 Å². The van der Waals surface area contributed by atoms with E-state index in [1.165, 1.54) is 0 Å². The first-order valence-corrected chi connectivity index (χ1v) is 8.52. The number of hydrogen-bond acceptors (Lipinski definition) is 2. The van der Waals surface area contributed by atoms with E-state index in [4.69, 9.17) is 27.9 Å². The Kier molecular flexibility index (Phi) is 4.11. The van der Waals surface area contributed by atoms with Gasteiger partial charge in [0.1, 0.15) is 5.75 Å². The monoisotopic (exact) mass is 384 g/mol. The van der Waals surface area contributed by atoms with E-state index in [2.05, 4.69) is 21.2 Å². The fourth-order valence-electron chi connectivity index (χ4n) is 1.51. The molecule has 0 radical (unpaired) electrons. The molecule has 2 aromatic rings. The molecule has 2 rings (SSSR count). The number of halogens is 3. The fraction of sp³-hybridized carbons (Fsp3) is 0.0909. The van der Waals surface area contributed by atoms with Gasteiger partial charge in [0.25, 0.3) is 0 Å². The van der Waals surface area contributed by atoms with Gasteiger partial charge in [-0.15, -0.1) is 0 Å². The van der Waals surface area contributed by atoms with Crippen LogP contribution in [0.2, 0.25) is 10.0 Å². The summed E-state index contributed by atoms with van der Waals surface area (Å²) in [6.07, 6.45) is 0. The van der Waals surface area contributed by atoms with Crippen molar-refractivity contribution in [2.45, 2.75) is 4.90 Å². The molecule has 0 fully saturated rings. The minimum Gasteiger partial charge on any atom is -0.496 e. The third-order valence-corrected chi connectivity index (χ3v) is 4.67. The smallest absolute Gasteiger partial charge is 0.133 e. The van der Waals surface area contributed by atoms with E-state index >= 15 is 0 Å². The Hall–Kier alpha value is 0.160. The standard InChI is InChI=1S/C11H7Cl2IOS/c1-15-10-5-8-6(3-11(10)16-14)2-7(12)4-9(8)13/h2-5H,1H3. The molecule has 2 aromatic carbocycles. The van der Waals surface area contributed by atoms with E-state index in [1.807, 2.05) is 18.2 Å². The molecule has 0 aliphatic carbocycles. The van der Waals surface area contributed by atoms with Crippen LogP contribution in [0.5, 0.6) is 5.75 Å². The van der Waals surface area contributed by atoms with Crippen LogP contribution in [0.4, 0.5) is 0 Å². The lowest BCUT2D eigenvalue weighted by Gasteiger charge is -2.09. The van der Waals surface area contributed by atoms with Crippen molar-refractivity contribution in [3.8, 4) is 5.75 Å². The van der Waals surface area contributed by atoms with Crippen LogP contribution in [-0.2, 0) is 0 Å². The van der Waals surface area contributed by atoms with E-state index in [0.717, 1.165) is 21.4 Å². The van der Waals surface area contributed by atoms with Crippen LogP contribution in [0.25, 0.3) is 10.8 Å². The van der Waals surface area contributed by atoms with Gasteiger partial charge in [-0.1, -0.05) is 23.2 Å². The van der Waals surface area contributed by atoms with Crippen LogP contribution in [-0.4, -0.2) is 7.11 Å². The molecule has 5 heteroatoms. The van der Waals surface area contributed by atoms with E-state index < -0.39 is 0 Å². The summed E-state index contributed by atoms with van der Waals surface area (Å²) < 4.78 is 5.31. The molecule has 16 heavy (non-hydrogen) atoms. The molecule has 0 saturated heterocycles. The van der Waals surface area contributed by atoms with Crippen LogP contribution in [0.15, 0.2) is 29.2 Å². The van der Waals surface area contributed by atoms with Gasteiger partial charge >= 0.3 is 0 Å². The summed E-state index contributed by atoms with van der Waals surface area (Å²) in [6, 6.07) is 7.61. The largest absolute Gasteiger partial charge is 0.496 e. The molecule has 0 amide bonds. The van der Waals surface area contributed by atoms with E-state index in [0.29, 0.717) is 10.0 Å². The summed E-state index contributed by atoms with van der Waals surface area (Å²) in [5.74, 6) is 0.830. The molecular formula is C11H7Cl2IOS. The van der Waals surface area contributed by atoms with Gasteiger partial charge in [-0.25, -0.2) is 0 Å². The first-order chi connectivity index (χ1) is 7.65. The topological polar surface area (TPSA) is 9.23 Å². The summed E-state index contributed by atoms with van der Waals surface area (Å²) >= 11 is 14.3. The molecule has 0 bridgehead atoms. The molecule has 0 N–H and O–H groups in total. The van der Waals surface area contributed by atoms with Gasteiger partial charge in [-0.3, -0.25) is 0 Å². The Bertz CT molecular complexity index is 545. The van der Waals surface area contributed by atoms with Crippen LogP contribution in [0.3, 0.4) is 0 Å². The second kappa shape index (κ2) is 5.21. The summed E-state index contributed by atoms with van der Waals surface area (Å²) in [5.41, 5.74) is 0. The van der Waals surface area contributed by atoms with Crippen molar-refractivity contribution in [1.82, 2.24) is 0 Å². The van der Waals surface area contributed by atoms with E-state index in [9.17, 15) is 0 Å². The third-order valence-electron chi connectivity index (χ3n) is 2.23. The van der Waals surface area contributed by atoms with Gasteiger partial charge in [-0.2, -0.15) is 0 Å². The Morgan fingerprint density at radius 2 is 1.94 bits per heavy atom. The second-order valence-electron chi connectivity index (χ2n) is 3.19. The first-order valence-electron chi connectivity index (χ1n) is 4.41. The van der Waals surface area contributed by atoms with Gasteiger partial charge < -0.3 is 4.74 Å². The molecule has 0 saturated carbocycles. The molecule has 0 heterocycles. The maximum atomic E-state index is 6.14. The lowest BCUT2D eigenvalue weighted by molar-refractivity contribution is 0.406. The second-order valence-corrected chi connectivity index (χ2v) is 5.95. The van der Waals surface area contributed by atoms with Crippen molar-refractivity contribution in [3.63, 3.8) is 0 Å². The van der Waals surface area contributed by atoms with Crippen molar-refractivity contribution in [2.75, 3.05) is 7.11 Å². The molecule has 0 unspecified atom stereocenters. The van der Waals surface area contributed by atoms with Crippen molar-refractivity contribution in [3.05, 3.63) is 34.3 Å². The number of methoxy groups -OCH3 is 1. The highest BCUT2D eigenvalue weighted by Crippen LogP contribution is 2.39. The molecule has 84 valence electrons. The van der Waals surface area contributed by atoms with Crippen LogP contribution >= 0.6 is 53.3 Å². The molecule has 1 nitrogen and oxygen atoms in total. The normalized spacial score (nSPS) is 10.8. The zero-order valence-corrected chi connectivity index (χ0v) is 12.7. The van der Waals surface area contributed by atoms with Gasteiger partial charge in [0, 0.05) is 31.6 Å². The van der Waals surface area contributed by atoms with Crippen molar-refractivity contribution < 1.29 is 4.74 Å². The van der Waals surface area contributed by atoms with E-state index in [1.54, 1.807) is 22.1 Å². The number of hydrogen-bond donors (Lipinski definition) is 0. The highest BCUT2D eigenvalue weighted by atomic mass is 127. The lowest BCUT2D eigenvalue weighted by atomic mass is 10.1. The Labute approximate surface area is 120 Å². The van der Waals surface area contributed by atoms with Crippen molar-refractivity contribution >= 4 is 64.1 Å². The Morgan fingerprint density at radius 3 is 2.56 bits per heavy atom. The predicted octanol–water partition coefficient (Wildman–Crippen LogP) is 5.60. The molecule has 0 aliphatic rings. The van der Waals surface area contributed by atoms with Crippen molar-refractivity contribution in [1.29, 1.82) is 0 Å². The summed E-state index contributed by atoms with van der Waals surface area (Å²) in [6.45, 7) is 0. The maximum absolute atomic E-state index is 6.14. The van der Waals surface area contributed by atoms with Gasteiger partial charge in [0.05, 0.1) is 17.0 Å². The molecule has 0 spiro atoms. The SMILES string of the molecule is COc1cc2c(Cl)cc(Cl)cc2cc1SI. The zero-order valence-electron chi connectivity index (χ0n) is 8.26. The number of ether oxygens (including phenoxy) is 1. The minimum absolute atomic E-state index is 0.644. The molecular weight excluding hydrogens is 378 g/mol. The maximum Gasteiger partial charge on any atom is 0.133 e. The van der Waals surface area contributed by atoms with Crippen molar-refractivity contribution in [2.24, 2.45) is 0 Å². The average molecular weight is 385 g/mol. The minimum atomic E-state index is 0.644. The Balaban J connectivity index is 2.78. The van der Waals surface area contributed by atoms with Crippen LogP contribution in [0, 0.1) is 0 Å². The van der Waals surface area contributed by atoms with Crippen LogP contribution in [0.1, 0.15) is 0 Å². The van der Waals surface area contributed by atoms with Crippen LogP contribution < -0.4 is 4.74 Å². The van der Waals surface area contributed by atoms with Gasteiger partial charge in [0.2, 0.25) is 0 Å². The summed E-state index contributed by atoms with van der Waals surface area (Å²) in [4.78, 5) is 1.06. The van der Waals surface area contributed by atoms with E-state index in [-0.39, 0.29) is 0 Å². The first kappa shape index (κ1) is 12.6. The number of rotatable bonds is 2.